The van der Waals surface area contributed by atoms with Gasteiger partial charge in [0, 0.05) is 25.8 Å². The predicted octanol–water partition coefficient (Wildman–Crippen LogP) is 1.80. The van der Waals surface area contributed by atoms with Crippen LogP contribution >= 0.6 is 0 Å². The summed E-state index contributed by atoms with van der Waals surface area (Å²) in [6.45, 7) is 0. The Balaban J connectivity index is 2.25. The lowest BCUT2D eigenvalue weighted by Crippen LogP contribution is -2.23. The van der Waals surface area contributed by atoms with E-state index < -0.39 is 0 Å². The van der Waals surface area contributed by atoms with Crippen LogP contribution in [0.3, 0.4) is 0 Å². The van der Waals surface area contributed by atoms with E-state index in [1.54, 1.807) is 19.0 Å². The molecule has 0 aliphatic rings. The molecule has 0 bridgehead atoms. The van der Waals surface area contributed by atoms with Gasteiger partial charge in [-0.15, -0.1) is 0 Å². The summed E-state index contributed by atoms with van der Waals surface area (Å²) in [5.74, 6) is 0.130. The molecule has 1 aromatic carbocycles. The van der Waals surface area contributed by atoms with E-state index in [0.29, 0.717) is 6.42 Å². The molecule has 3 heteroatoms. The number of nitrogens with zero attached hydrogens (tertiary/aromatic N) is 1. The molecule has 15 heavy (non-hydrogen) atoms. The molecular weight excluding hydrogens is 188 g/mol. The van der Waals surface area contributed by atoms with Crippen molar-refractivity contribution in [1.82, 2.24) is 9.88 Å². The minimum Gasteiger partial charge on any atom is -0.361 e. The van der Waals surface area contributed by atoms with Gasteiger partial charge in [-0.05, 0) is 29.1 Å². The van der Waals surface area contributed by atoms with Crippen molar-refractivity contribution < 1.29 is 4.79 Å². The molecule has 78 valence electrons. The highest BCUT2D eigenvalue weighted by molar-refractivity contribution is 5.83. The van der Waals surface area contributed by atoms with Gasteiger partial charge in [0.2, 0.25) is 5.91 Å². The molecule has 0 atom stereocenters. The smallest absolute Gasteiger partial charge is 0.226 e. The zero-order valence-corrected chi connectivity index (χ0v) is 8.95. The molecule has 0 radical (unpaired) electrons. The van der Waals surface area contributed by atoms with E-state index in [1.807, 2.05) is 30.5 Å². The SMILES string of the molecule is CN(C)C(=O)Cc1ccc2[nH]ccc2c1. The number of amides is 1. The highest BCUT2D eigenvalue weighted by atomic mass is 16.2. The minimum absolute atomic E-state index is 0.130. The molecule has 0 saturated carbocycles. The maximum atomic E-state index is 11.5. The van der Waals surface area contributed by atoms with Crippen molar-refractivity contribution in [1.29, 1.82) is 0 Å². The normalized spacial score (nSPS) is 10.5. The van der Waals surface area contributed by atoms with Gasteiger partial charge >= 0.3 is 0 Å². The van der Waals surface area contributed by atoms with Crippen LogP contribution in [0.2, 0.25) is 0 Å². The first kappa shape index (κ1) is 9.77. The molecule has 1 amide bonds. The molecule has 0 fully saturated rings. The number of aromatic nitrogens is 1. The van der Waals surface area contributed by atoms with E-state index in [9.17, 15) is 4.79 Å². The van der Waals surface area contributed by atoms with Crippen LogP contribution in [0.1, 0.15) is 5.56 Å². The van der Waals surface area contributed by atoms with E-state index in [0.717, 1.165) is 16.5 Å². The Hall–Kier alpha value is -1.77. The molecule has 0 unspecified atom stereocenters. The van der Waals surface area contributed by atoms with Gasteiger partial charge in [-0.25, -0.2) is 0 Å². The molecule has 0 spiro atoms. The molecule has 1 aromatic heterocycles. The number of carbonyl (C=O) groups is 1. The Morgan fingerprint density at radius 3 is 2.87 bits per heavy atom. The first-order valence-corrected chi connectivity index (χ1v) is 4.93. The van der Waals surface area contributed by atoms with Crippen LogP contribution in [0.4, 0.5) is 0 Å². The fraction of sp³-hybridized carbons (Fsp3) is 0.250. The lowest BCUT2D eigenvalue weighted by molar-refractivity contribution is -0.127. The Bertz CT molecular complexity index is 485. The van der Waals surface area contributed by atoms with Crippen molar-refractivity contribution >= 4 is 16.8 Å². The summed E-state index contributed by atoms with van der Waals surface area (Å²) < 4.78 is 0. The molecule has 2 rings (SSSR count). The quantitative estimate of drug-likeness (QED) is 0.792. The van der Waals surface area contributed by atoms with Crippen LogP contribution in [0.5, 0.6) is 0 Å². The van der Waals surface area contributed by atoms with Crippen molar-refractivity contribution in [3.63, 3.8) is 0 Å². The summed E-state index contributed by atoms with van der Waals surface area (Å²) in [5.41, 5.74) is 2.16. The number of hydrogen-bond acceptors (Lipinski definition) is 1. The predicted molar refractivity (Wildman–Crippen MR) is 60.7 cm³/mol. The van der Waals surface area contributed by atoms with E-state index in [1.165, 1.54) is 0 Å². The van der Waals surface area contributed by atoms with Crippen molar-refractivity contribution in [3.8, 4) is 0 Å². The third-order valence-electron chi connectivity index (χ3n) is 2.47. The van der Waals surface area contributed by atoms with Gasteiger partial charge in [0.15, 0.2) is 0 Å². The maximum Gasteiger partial charge on any atom is 0.226 e. The van der Waals surface area contributed by atoms with Crippen LogP contribution in [-0.4, -0.2) is 29.9 Å². The number of likely N-dealkylation sites (N-methyl/N-ethyl adjacent to an activating group) is 1. The van der Waals surface area contributed by atoms with Gasteiger partial charge < -0.3 is 9.88 Å². The standard InChI is InChI=1S/C12H14N2O/c1-14(2)12(15)8-9-3-4-11-10(7-9)5-6-13-11/h3-7,13H,8H2,1-2H3. The Morgan fingerprint density at radius 2 is 2.13 bits per heavy atom. The summed E-state index contributed by atoms with van der Waals surface area (Å²) >= 11 is 0. The largest absolute Gasteiger partial charge is 0.361 e. The fourth-order valence-electron chi connectivity index (χ4n) is 1.55. The molecule has 0 saturated heterocycles. The number of hydrogen-bond donors (Lipinski definition) is 1. The first-order valence-electron chi connectivity index (χ1n) is 4.93. The van der Waals surface area contributed by atoms with Gasteiger partial charge in [-0.1, -0.05) is 6.07 Å². The summed E-state index contributed by atoms with van der Waals surface area (Å²) in [6.07, 6.45) is 2.37. The Labute approximate surface area is 88.7 Å². The zero-order valence-electron chi connectivity index (χ0n) is 8.95. The lowest BCUT2D eigenvalue weighted by Gasteiger charge is -2.09. The molecule has 1 N–H and O–H groups in total. The van der Waals surface area contributed by atoms with Crippen LogP contribution in [-0.2, 0) is 11.2 Å². The molecule has 2 aromatic rings. The Kier molecular flexibility index (Phi) is 2.46. The number of rotatable bonds is 2. The van der Waals surface area contributed by atoms with Crippen molar-refractivity contribution in [2.75, 3.05) is 14.1 Å². The number of fused-ring (bicyclic) bond motifs is 1. The first-order chi connectivity index (χ1) is 7.16. The second-order valence-electron chi connectivity index (χ2n) is 3.86. The molecule has 0 aliphatic heterocycles. The zero-order chi connectivity index (χ0) is 10.8. The van der Waals surface area contributed by atoms with Crippen molar-refractivity contribution in [3.05, 3.63) is 36.0 Å². The molecule has 1 heterocycles. The number of carbonyl (C=O) groups excluding carboxylic acids is 1. The maximum absolute atomic E-state index is 11.5. The van der Waals surface area contributed by atoms with Gasteiger partial charge in [-0.3, -0.25) is 4.79 Å². The number of benzene rings is 1. The summed E-state index contributed by atoms with van der Waals surface area (Å²) in [6, 6.07) is 8.06. The van der Waals surface area contributed by atoms with E-state index >= 15 is 0 Å². The number of H-pyrrole nitrogens is 1. The van der Waals surface area contributed by atoms with Gasteiger partial charge in [-0.2, -0.15) is 0 Å². The third kappa shape index (κ3) is 2.01. The average molecular weight is 202 g/mol. The molecular formula is C12H14N2O. The van der Waals surface area contributed by atoms with E-state index in [-0.39, 0.29) is 5.91 Å². The number of nitrogens with one attached hydrogen (secondary N) is 1. The van der Waals surface area contributed by atoms with E-state index in [4.69, 9.17) is 0 Å². The Morgan fingerprint density at radius 1 is 1.33 bits per heavy atom. The van der Waals surface area contributed by atoms with Gasteiger partial charge in [0.25, 0.3) is 0 Å². The van der Waals surface area contributed by atoms with Crippen molar-refractivity contribution in [2.24, 2.45) is 0 Å². The van der Waals surface area contributed by atoms with Crippen LogP contribution in [0, 0.1) is 0 Å². The second-order valence-corrected chi connectivity index (χ2v) is 3.86. The highest BCUT2D eigenvalue weighted by Gasteiger charge is 2.05. The topological polar surface area (TPSA) is 36.1 Å². The van der Waals surface area contributed by atoms with Crippen LogP contribution < -0.4 is 0 Å². The molecule has 3 nitrogen and oxygen atoms in total. The van der Waals surface area contributed by atoms with Gasteiger partial charge in [0.05, 0.1) is 6.42 Å². The van der Waals surface area contributed by atoms with Crippen LogP contribution in [0.25, 0.3) is 10.9 Å². The van der Waals surface area contributed by atoms with E-state index in [2.05, 4.69) is 4.98 Å². The average Bonchev–Trinajstić information content (AvgIpc) is 2.64. The fourth-order valence-corrected chi connectivity index (χ4v) is 1.55. The second kappa shape index (κ2) is 3.77. The van der Waals surface area contributed by atoms with Gasteiger partial charge in [0.1, 0.15) is 0 Å². The highest BCUT2D eigenvalue weighted by Crippen LogP contribution is 2.14. The monoisotopic (exact) mass is 202 g/mol. The van der Waals surface area contributed by atoms with Crippen molar-refractivity contribution in [2.45, 2.75) is 6.42 Å². The lowest BCUT2D eigenvalue weighted by atomic mass is 10.1. The summed E-state index contributed by atoms with van der Waals surface area (Å²) in [7, 11) is 3.55. The minimum atomic E-state index is 0.130. The molecule has 0 aliphatic carbocycles. The van der Waals surface area contributed by atoms with Crippen LogP contribution in [0.15, 0.2) is 30.5 Å². The summed E-state index contributed by atoms with van der Waals surface area (Å²) in [4.78, 5) is 16.2. The summed E-state index contributed by atoms with van der Waals surface area (Å²) in [5, 5.41) is 1.15. The third-order valence-corrected chi connectivity index (χ3v) is 2.47. The number of aromatic amines is 1.